The molecule has 0 saturated carbocycles. The van der Waals surface area contributed by atoms with Crippen LogP contribution in [0, 0.1) is 6.92 Å². The van der Waals surface area contributed by atoms with E-state index in [0.29, 0.717) is 17.9 Å². The number of rotatable bonds is 9. The molecular weight excluding hydrogens is 414 g/mol. The van der Waals surface area contributed by atoms with Crippen LogP contribution in [0.25, 0.3) is 0 Å². The summed E-state index contributed by atoms with van der Waals surface area (Å²) in [5.41, 5.74) is 2.71. The Kier molecular flexibility index (Phi) is 7.27. The summed E-state index contributed by atoms with van der Waals surface area (Å²) in [6, 6.07) is 17.7. The molecule has 3 aromatic rings. The van der Waals surface area contributed by atoms with Gasteiger partial charge in [0.05, 0.1) is 17.1 Å². The van der Waals surface area contributed by atoms with Crippen molar-refractivity contribution in [1.29, 1.82) is 0 Å². The van der Waals surface area contributed by atoms with E-state index in [-0.39, 0.29) is 29.2 Å². The van der Waals surface area contributed by atoms with Gasteiger partial charge in [0.1, 0.15) is 6.61 Å². The van der Waals surface area contributed by atoms with Gasteiger partial charge in [0.25, 0.3) is 0 Å². The Morgan fingerprint density at radius 1 is 1.00 bits per heavy atom. The average Bonchev–Trinajstić information content (AvgIpc) is 2.75. The summed E-state index contributed by atoms with van der Waals surface area (Å²) in [5.74, 6) is 0.256. The highest BCUT2D eigenvalue weighted by molar-refractivity contribution is 7.89. The third kappa shape index (κ3) is 5.61. The van der Waals surface area contributed by atoms with Crippen LogP contribution >= 0.6 is 0 Å². The lowest BCUT2D eigenvalue weighted by molar-refractivity contribution is 0.295. The molecule has 2 aromatic carbocycles. The van der Waals surface area contributed by atoms with Gasteiger partial charge in [-0.25, -0.2) is 13.1 Å². The number of nitrogens with zero attached hydrogens (tertiary/aromatic N) is 1. The summed E-state index contributed by atoms with van der Waals surface area (Å²) in [6.07, 6.45) is 0. The molecule has 0 unspecified atom stereocenters. The van der Waals surface area contributed by atoms with Crippen LogP contribution in [0.3, 0.4) is 0 Å². The number of aryl methyl sites for hydroxylation is 1. The Hall–Kier alpha value is -2.94. The second-order valence-electron chi connectivity index (χ2n) is 7.28. The van der Waals surface area contributed by atoms with E-state index >= 15 is 0 Å². The molecule has 164 valence electrons. The molecule has 0 spiro atoms. The van der Waals surface area contributed by atoms with E-state index in [4.69, 9.17) is 4.74 Å². The first kappa shape index (κ1) is 22.7. The van der Waals surface area contributed by atoms with Gasteiger partial charge in [-0.15, -0.1) is 0 Å². The van der Waals surface area contributed by atoms with E-state index in [1.54, 1.807) is 36.9 Å². The van der Waals surface area contributed by atoms with E-state index in [0.717, 1.165) is 11.1 Å². The van der Waals surface area contributed by atoms with Gasteiger partial charge in [0, 0.05) is 25.4 Å². The molecule has 1 aromatic heterocycles. The molecule has 0 radical (unpaired) electrons. The number of benzene rings is 2. The average molecular weight is 442 g/mol. The molecule has 0 amide bonds. The maximum Gasteiger partial charge on any atom is 0.240 e. The minimum Gasteiger partial charge on any atom is -0.483 e. The summed E-state index contributed by atoms with van der Waals surface area (Å²) in [4.78, 5) is 13.0. The summed E-state index contributed by atoms with van der Waals surface area (Å²) in [7, 11) is -0.139. The standard InChI is InChI=1S/C23H27N3O4S/c1-17-8-7-11-20(12-17)31(28,29)25-14-19-13-22(27)23(21(15-24-2)26(19)3)30-16-18-9-5-4-6-10-18/h4-13,24-25H,14-16H2,1-3H3. The fourth-order valence-electron chi connectivity index (χ4n) is 3.24. The molecule has 7 nitrogen and oxygen atoms in total. The van der Waals surface area contributed by atoms with Crippen molar-refractivity contribution in [3.8, 4) is 5.75 Å². The molecule has 0 saturated heterocycles. The van der Waals surface area contributed by atoms with Crippen molar-refractivity contribution >= 4 is 10.0 Å². The normalized spacial score (nSPS) is 11.5. The Bertz CT molecular complexity index is 1210. The molecule has 0 aliphatic rings. The Labute approximate surface area is 182 Å². The van der Waals surface area contributed by atoms with Crippen LogP contribution in [0.5, 0.6) is 5.75 Å². The van der Waals surface area contributed by atoms with Crippen molar-refractivity contribution in [3.63, 3.8) is 0 Å². The Morgan fingerprint density at radius 3 is 2.42 bits per heavy atom. The van der Waals surface area contributed by atoms with Gasteiger partial charge >= 0.3 is 0 Å². The second kappa shape index (κ2) is 9.91. The molecule has 1 heterocycles. The maximum atomic E-state index is 12.8. The monoisotopic (exact) mass is 441 g/mol. The molecule has 0 fully saturated rings. The van der Waals surface area contributed by atoms with Gasteiger partial charge in [-0.05, 0) is 37.2 Å². The van der Waals surface area contributed by atoms with Crippen LogP contribution in [-0.4, -0.2) is 20.0 Å². The van der Waals surface area contributed by atoms with Gasteiger partial charge in [0.15, 0.2) is 5.75 Å². The van der Waals surface area contributed by atoms with E-state index < -0.39 is 10.0 Å². The van der Waals surface area contributed by atoms with Crippen LogP contribution in [0.4, 0.5) is 0 Å². The van der Waals surface area contributed by atoms with E-state index in [1.165, 1.54) is 6.07 Å². The molecule has 0 bridgehead atoms. The topological polar surface area (TPSA) is 89.4 Å². The number of aromatic nitrogens is 1. The Morgan fingerprint density at radius 2 is 1.74 bits per heavy atom. The minimum atomic E-state index is -3.70. The molecular formula is C23H27N3O4S. The zero-order valence-corrected chi connectivity index (χ0v) is 18.7. The third-order valence-electron chi connectivity index (χ3n) is 4.93. The van der Waals surface area contributed by atoms with E-state index in [9.17, 15) is 13.2 Å². The highest BCUT2D eigenvalue weighted by Crippen LogP contribution is 2.18. The lowest BCUT2D eigenvalue weighted by Gasteiger charge is -2.19. The van der Waals surface area contributed by atoms with Gasteiger partial charge in [-0.1, -0.05) is 42.5 Å². The largest absolute Gasteiger partial charge is 0.483 e. The molecule has 2 N–H and O–H groups in total. The first-order valence-corrected chi connectivity index (χ1v) is 11.4. The molecule has 3 rings (SSSR count). The smallest absolute Gasteiger partial charge is 0.240 e. The van der Waals surface area contributed by atoms with Crippen LogP contribution in [0.15, 0.2) is 70.4 Å². The van der Waals surface area contributed by atoms with Gasteiger partial charge in [0.2, 0.25) is 15.5 Å². The van der Waals surface area contributed by atoms with Crippen molar-refractivity contribution in [2.45, 2.75) is 31.5 Å². The number of hydrogen-bond acceptors (Lipinski definition) is 5. The van der Waals surface area contributed by atoms with Crippen molar-refractivity contribution in [1.82, 2.24) is 14.6 Å². The molecule has 31 heavy (non-hydrogen) atoms. The SMILES string of the molecule is CNCc1c(OCc2ccccc2)c(=O)cc(CNS(=O)(=O)c2cccc(C)c2)n1C. The maximum absolute atomic E-state index is 12.8. The Balaban J connectivity index is 1.85. The zero-order chi connectivity index (χ0) is 22.4. The van der Waals surface area contributed by atoms with Crippen molar-refractivity contribution in [3.05, 3.63) is 93.4 Å². The summed E-state index contributed by atoms with van der Waals surface area (Å²) < 4.78 is 35.5. The second-order valence-corrected chi connectivity index (χ2v) is 9.05. The predicted molar refractivity (Wildman–Crippen MR) is 120 cm³/mol. The zero-order valence-electron chi connectivity index (χ0n) is 17.9. The molecule has 0 aliphatic carbocycles. The fourth-order valence-corrected chi connectivity index (χ4v) is 4.34. The number of nitrogens with one attached hydrogen (secondary N) is 2. The fraction of sp³-hybridized carbons (Fsp3) is 0.261. The molecule has 8 heteroatoms. The van der Waals surface area contributed by atoms with Gasteiger partial charge in [-0.2, -0.15) is 0 Å². The number of pyridine rings is 1. The van der Waals surface area contributed by atoms with Gasteiger partial charge in [-0.3, -0.25) is 4.79 Å². The van der Waals surface area contributed by atoms with E-state index in [1.807, 2.05) is 43.3 Å². The number of sulfonamides is 1. The molecule has 0 atom stereocenters. The quantitative estimate of drug-likeness (QED) is 0.533. The van der Waals surface area contributed by atoms with Crippen LogP contribution < -0.4 is 20.2 Å². The van der Waals surface area contributed by atoms with Crippen LogP contribution in [-0.2, 0) is 36.8 Å². The predicted octanol–water partition coefficient (Wildman–Crippen LogP) is 2.47. The lowest BCUT2D eigenvalue weighted by Crippen LogP contribution is -2.28. The highest BCUT2D eigenvalue weighted by atomic mass is 32.2. The van der Waals surface area contributed by atoms with Crippen molar-refractivity contribution < 1.29 is 13.2 Å². The third-order valence-corrected chi connectivity index (χ3v) is 6.33. The number of hydrogen-bond donors (Lipinski definition) is 2. The van der Waals surface area contributed by atoms with Crippen molar-refractivity contribution in [2.75, 3.05) is 7.05 Å². The highest BCUT2D eigenvalue weighted by Gasteiger charge is 2.18. The summed E-state index contributed by atoms with van der Waals surface area (Å²) in [5, 5.41) is 3.04. The minimum absolute atomic E-state index is 0.0162. The molecule has 0 aliphatic heterocycles. The van der Waals surface area contributed by atoms with E-state index in [2.05, 4.69) is 10.0 Å². The van der Waals surface area contributed by atoms with Crippen molar-refractivity contribution in [2.24, 2.45) is 7.05 Å². The summed E-state index contributed by atoms with van der Waals surface area (Å²) in [6.45, 7) is 2.49. The first-order chi connectivity index (χ1) is 14.8. The summed E-state index contributed by atoms with van der Waals surface area (Å²) >= 11 is 0. The van der Waals surface area contributed by atoms with Crippen LogP contribution in [0.1, 0.15) is 22.5 Å². The van der Waals surface area contributed by atoms with Gasteiger partial charge < -0.3 is 14.6 Å². The lowest BCUT2D eigenvalue weighted by atomic mass is 10.2. The first-order valence-electron chi connectivity index (χ1n) is 9.91. The number of ether oxygens (including phenoxy) is 1. The van der Waals surface area contributed by atoms with Crippen LogP contribution in [0.2, 0.25) is 0 Å².